The SMILES string of the molecule is C[C@H](CO)NC(=O)[C@@H](NC(=O)OC(C)(C)C)C(C(=O)O)C(C)(C)C. The van der Waals surface area contributed by atoms with Crippen LogP contribution in [0.2, 0.25) is 0 Å². The number of ether oxygens (including phenoxy) is 1. The van der Waals surface area contributed by atoms with Gasteiger partial charge in [-0.1, -0.05) is 20.8 Å². The highest BCUT2D eigenvalue weighted by Crippen LogP contribution is 2.29. The molecule has 0 aromatic rings. The van der Waals surface area contributed by atoms with Gasteiger partial charge >= 0.3 is 12.1 Å². The van der Waals surface area contributed by atoms with Crippen LogP contribution < -0.4 is 10.6 Å². The predicted molar refractivity (Wildman–Crippen MR) is 88.4 cm³/mol. The van der Waals surface area contributed by atoms with Gasteiger partial charge in [-0.15, -0.1) is 0 Å². The maximum absolute atomic E-state index is 12.5. The number of nitrogens with one attached hydrogen (secondary N) is 2. The van der Waals surface area contributed by atoms with Crippen LogP contribution in [0.5, 0.6) is 0 Å². The van der Waals surface area contributed by atoms with Crippen LogP contribution in [0.25, 0.3) is 0 Å². The van der Waals surface area contributed by atoms with Crippen LogP contribution in [0, 0.1) is 11.3 Å². The number of carbonyl (C=O) groups is 3. The predicted octanol–water partition coefficient (Wildman–Crippen LogP) is 1.12. The van der Waals surface area contributed by atoms with E-state index in [1.54, 1.807) is 48.5 Å². The molecule has 8 heteroatoms. The molecule has 0 aromatic carbocycles. The average molecular weight is 346 g/mol. The Morgan fingerprint density at radius 1 is 1.04 bits per heavy atom. The van der Waals surface area contributed by atoms with Gasteiger partial charge in [-0.3, -0.25) is 9.59 Å². The van der Waals surface area contributed by atoms with Crippen molar-refractivity contribution in [3.63, 3.8) is 0 Å². The second-order valence-corrected chi connectivity index (χ2v) is 7.90. The van der Waals surface area contributed by atoms with Crippen LogP contribution in [-0.4, -0.2) is 52.5 Å². The minimum absolute atomic E-state index is 0.307. The van der Waals surface area contributed by atoms with Crippen molar-refractivity contribution < 1.29 is 29.3 Å². The van der Waals surface area contributed by atoms with Crippen LogP contribution >= 0.6 is 0 Å². The van der Waals surface area contributed by atoms with E-state index in [1.165, 1.54) is 0 Å². The highest BCUT2D eigenvalue weighted by Gasteiger charge is 2.43. The van der Waals surface area contributed by atoms with Gasteiger partial charge in [0.2, 0.25) is 5.91 Å². The van der Waals surface area contributed by atoms with Crippen LogP contribution in [-0.2, 0) is 14.3 Å². The Morgan fingerprint density at radius 2 is 1.54 bits per heavy atom. The molecule has 0 spiro atoms. The molecule has 0 aliphatic rings. The Bertz CT molecular complexity index is 464. The lowest BCUT2D eigenvalue weighted by atomic mass is 9.76. The fourth-order valence-electron chi connectivity index (χ4n) is 2.13. The van der Waals surface area contributed by atoms with Gasteiger partial charge in [0.25, 0.3) is 0 Å². The third kappa shape index (κ3) is 7.63. The Balaban J connectivity index is 5.54. The second kappa shape index (κ2) is 8.32. The van der Waals surface area contributed by atoms with E-state index >= 15 is 0 Å². The van der Waals surface area contributed by atoms with Crippen molar-refractivity contribution in [2.24, 2.45) is 11.3 Å². The van der Waals surface area contributed by atoms with Crippen molar-refractivity contribution in [1.82, 2.24) is 10.6 Å². The Labute approximate surface area is 142 Å². The van der Waals surface area contributed by atoms with E-state index in [9.17, 15) is 19.5 Å². The molecule has 3 atom stereocenters. The number of hydrogen-bond donors (Lipinski definition) is 4. The molecule has 2 amide bonds. The molecule has 0 fully saturated rings. The van der Waals surface area contributed by atoms with Crippen molar-refractivity contribution in [2.45, 2.75) is 66.2 Å². The van der Waals surface area contributed by atoms with Crippen molar-refractivity contribution >= 4 is 18.0 Å². The van der Waals surface area contributed by atoms with Crippen LogP contribution in [0.15, 0.2) is 0 Å². The molecule has 1 unspecified atom stereocenters. The Kier molecular flexibility index (Phi) is 7.69. The highest BCUT2D eigenvalue weighted by atomic mass is 16.6. The molecule has 140 valence electrons. The van der Waals surface area contributed by atoms with E-state index in [2.05, 4.69) is 10.6 Å². The summed E-state index contributed by atoms with van der Waals surface area (Å²) in [5.74, 6) is -3.09. The fraction of sp³-hybridized carbons (Fsp3) is 0.812. The molecule has 0 aliphatic heterocycles. The molecule has 0 bridgehead atoms. The van der Waals surface area contributed by atoms with E-state index in [1.807, 2.05) is 0 Å². The molecule has 0 radical (unpaired) electrons. The highest BCUT2D eigenvalue weighted by molar-refractivity contribution is 5.91. The fourth-order valence-corrected chi connectivity index (χ4v) is 2.13. The average Bonchev–Trinajstić information content (AvgIpc) is 2.33. The summed E-state index contributed by atoms with van der Waals surface area (Å²) in [6.45, 7) is 11.2. The van der Waals surface area contributed by atoms with E-state index in [0.717, 1.165) is 0 Å². The smallest absolute Gasteiger partial charge is 0.408 e. The first-order chi connectivity index (χ1) is 10.7. The molecule has 0 saturated heterocycles. The second-order valence-electron chi connectivity index (χ2n) is 7.90. The van der Waals surface area contributed by atoms with Crippen molar-refractivity contribution in [2.75, 3.05) is 6.61 Å². The molecule has 0 aliphatic carbocycles. The van der Waals surface area contributed by atoms with Gasteiger partial charge in [0.1, 0.15) is 11.6 Å². The van der Waals surface area contributed by atoms with Crippen molar-refractivity contribution in [3.05, 3.63) is 0 Å². The maximum atomic E-state index is 12.5. The van der Waals surface area contributed by atoms with Crippen LogP contribution in [0.1, 0.15) is 48.5 Å². The number of carboxylic acid groups (broad SMARTS) is 1. The normalized spacial score (nSPS) is 15.8. The third-order valence-electron chi connectivity index (χ3n) is 3.15. The minimum atomic E-state index is -1.34. The number of aliphatic hydroxyl groups is 1. The molecule has 0 saturated carbocycles. The summed E-state index contributed by atoms with van der Waals surface area (Å²) in [7, 11) is 0. The van der Waals surface area contributed by atoms with Crippen LogP contribution in [0.4, 0.5) is 4.79 Å². The Morgan fingerprint density at radius 3 is 1.88 bits per heavy atom. The number of amides is 2. The Hall–Kier alpha value is -1.83. The van der Waals surface area contributed by atoms with Gasteiger partial charge in [0, 0.05) is 6.04 Å². The minimum Gasteiger partial charge on any atom is -0.481 e. The first-order valence-electron chi connectivity index (χ1n) is 7.82. The van der Waals surface area contributed by atoms with E-state index < -0.39 is 47.0 Å². The molecule has 0 aromatic heterocycles. The molecule has 0 rings (SSSR count). The summed E-state index contributed by atoms with van der Waals surface area (Å²) in [5, 5.41) is 23.4. The topological polar surface area (TPSA) is 125 Å². The summed E-state index contributed by atoms with van der Waals surface area (Å²) in [4.78, 5) is 36.2. The number of carboxylic acids is 1. The van der Waals surface area contributed by atoms with Crippen LogP contribution in [0.3, 0.4) is 0 Å². The molecule has 4 N–H and O–H groups in total. The molecular formula is C16H30N2O6. The summed E-state index contributed by atoms with van der Waals surface area (Å²) < 4.78 is 5.12. The summed E-state index contributed by atoms with van der Waals surface area (Å²) >= 11 is 0. The maximum Gasteiger partial charge on any atom is 0.408 e. The molecular weight excluding hydrogens is 316 g/mol. The number of rotatable bonds is 6. The van der Waals surface area contributed by atoms with Crippen molar-refractivity contribution in [3.8, 4) is 0 Å². The third-order valence-corrected chi connectivity index (χ3v) is 3.15. The number of aliphatic hydroxyl groups excluding tert-OH is 1. The lowest BCUT2D eigenvalue weighted by Crippen LogP contribution is -2.58. The molecule has 24 heavy (non-hydrogen) atoms. The monoisotopic (exact) mass is 346 g/mol. The lowest BCUT2D eigenvalue weighted by molar-refractivity contribution is -0.150. The van der Waals surface area contributed by atoms with Gasteiger partial charge in [-0.2, -0.15) is 0 Å². The van der Waals surface area contributed by atoms with Gasteiger partial charge in [-0.25, -0.2) is 4.79 Å². The van der Waals surface area contributed by atoms with E-state index in [-0.39, 0.29) is 6.61 Å². The summed E-state index contributed by atoms with van der Waals surface area (Å²) in [6, 6.07) is -1.92. The van der Waals surface area contributed by atoms with Crippen molar-refractivity contribution in [1.29, 1.82) is 0 Å². The number of carbonyl (C=O) groups excluding carboxylic acids is 2. The van der Waals surface area contributed by atoms with Gasteiger partial charge in [0.05, 0.1) is 12.5 Å². The van der Waals surface area contributed by atoms with Gasteiger partial charge < -0.3 is 25.6 Å². The van der Waals surface area contributed by atoms with Gasteiger partial charge in [0.15, 0.2) is 0 Å². The summed E-state index contributed by atoms with van der Waals surface area (Å²) in [6.07, 6.45) is -0.880. The van der Waals surface area contributed by atoms with E-state index in [0.29, 0.717) is 0 Å². The van der Waals surface area contributed by atoms with Gasteiger partial charge in [-0.05, 0) is 33.1 Å². The first kappa shape index (κ1) is 22.2. The molecule has 0 heterocycles. The number of alkyl carbamates (subject to hydrolysis) is 1. The number of hydrogen-bond acceptors (Lipinski definition) is 5. The zero-order chi connectivity index (χ0) is 19.3. The first-order valence-corrected chi connectivity index (χ1v) is 7.82. The zero-order valence-electron chi connectivity index (χ0n) is 15.5. The number of aliphatic carboxylic acids is 1. The summed E-state index contributed by atoms with van der Waals surface area (Å²) in [5.41, 5.74) is -1.59. The standard InChI is InChI=1S/C16H30N2O6/c1-9(8-19)17-12(20)11(10(13(21)22)15(2,3)4)18-14(23)24-16(5,6)7/h9-11,19H,8H2,1-7H3,(H,17,20)(H,18,23)(H,21,22)/t9-,10?,11+/m1/s1. The quantitative estimate of drug-likeness (QED) is 0.571. The van der Waals surface area contributed by atoms with E-state index in [4.69, 9.17) is 9.84 Å². The molecule has 8 nitrogen and oxygen atoms in total. The zero-order valence-corrected chi connectivity index (χ0v) is 15.5. The largest absolute Gasteiger partial charge is 0.481 e. The lowest BCUT2D eigenvalue weighted by Gasteiger charge is -2.34.